The Labute approximate surface area is 315 Å². The lowest BCUT2D eigenvalue weighted by Crippen LogP contribution is -2.21. The van der Waals surface area contributed by atoms with Gasteiger partial charge in [0.15, 0.2) is 5.82 Å². The van der Waals surface area contributed by atoms with E-state index < -0.39 is 0 Å². The van der Waals surface area contributed by atoms with E-state index in [1.165, 1.54) is 39.2 Å². The highest BCUT2D eigenvalue weighted by Gasteiger charge is 2.30. The van der Waals surface area contributed by atoms with Crippen molar-refractivity contribution in [2.24, 2.45) is 0 Å². The van der Waals surface area contributed by atoms with Crippen LogP contribution in [0.15, 0.2) is 182 Å². The fourth-order valence-electron chi connectivity index (χ4n) is 7.89. The van der Waals surface area contributed by atoms with E-state index in [4.69, 9.17) is 15.0 Å². The van der Waals surface area contributed by atoms with Crippen molar-refractivity contribution in [1.29, 1.82) is 0 Å². The Morgan fingerprint density at radius 3 is 1.74 bits per heavy atom. The number of hydrogen-bond donors (Lipinski definition) is 1. The molecule has 258 valence electrons. The number of pyridine rings is 1. The number of aromatic nitrogens is 4. The molecule has 1 N–H and O–H groups in total. The van der Waals surface area contributed by atoms with Crippen LogP contribution in [0.2, 0.25) is 0 Å². The van der Waals surface area contributed by atoms with Crippen molar-refractivity contribution in [2.75, 3.05) is 6.54 Å². The Morgan fingerprint density at radius 2 is 1.09 bits per heavy atom. The zero-order valence-electron chi connectivity index (χ0n) is 29.7. The number of allylic oxidation sites excluding steroid dienone is 3. The molecule has 8 aromatic rings. The molecule has 10 rings (SSSR count). The second kappa shape index (κ2) is 13.6. The fraction of sp³-hybridized carbons (Fsp3) is 0.0816. The maximum absolute atomic E-state index is 5.19. The number of hydrogen-bond acceptors (Lipinski definition) is 4. The van der Waals surface area contributed by atoms with Gasteiger partial charge in [-0.1, -0.05) is 146 Å². The number of nitrogens with one attached hydrogen (secondary N) is 1. The Kier molecular flexibility index (Phi) is 8.03. The van der Waals surface area contributed by atoms with E-state index in [1.807, 2.05) is 12.1 Å². The van der Waals surface area contributed by atoms with Crippen LogP contribution in [0.1, 0.15) is 35.7 Å². The van der Waals surface area contributed by atoms with Crippen LogP contribution in [0.5, 0.6) is 0 Å². The molecule has 5 heteroatoms. The number of benzene rings is 5. The van der Waals surface area contributed by atoms with E-state index in [1.54, 1.807) is 0 Å². The average Bonchev–Trinajstić information content (AvgIpc) is 3.56. The molecule has 3 aromatic heterocycles. The summed E-state index contributed by atoms with van der Waals surface area (Å²) >= 11 is 0. The molecule has 0 bridgehead atoms. The minimum Gasteiger partial charge on any atom is -0.384 e. The molecule has 1 atom stereocenters. The molecule has 1 unspecified atom stereocenters. The molecule has 1 aliphatic carbocycles. The molecule has 5 aromatic carbocycles. The van der Waals surface area contributed by atoms with Crippen LogP contribution in [0.4, 0.5) is 0 Å². The van der Waals surface area contributed by atoms with Gasteiger partial charge < -0.3 is 9.72 Å². The third-order valence-electron chi connectivity index (χ3n) is 10.7. The summed E-state index contributed by atoms with van der Waals surface area (Å²) in [4.78, 5) is 15.5. The van der Waals surface area contributed by atoms with Crippen molar-refractivity contribution in [3.8, 4) is 56.2 Å². The molecule has 0 spiro atoms. The number of imidazole rings is 1. The minimum absolute atomic E-state index is 0.119. The Bertz CT molecular complexity index is 2570. The first kappa shape index (κ1) is 31.9. The van der Waals surface area contributed by atoms with Crippen LogP contribution in [-0.4, -0.2) is 25.9 Å². The van der Waals surface area contributed by atoms with Gasteiger partial charge >= 0.3 is 0 Å². The molecule has 0 saturated heterocycles. The van der Waals surface area contributed by atoms with Gasteiger partial charge in [0.1, 0.15) is 5.65 Å². The molecule has 0 saturated carbocycles. The molecular weight excluding hydrogens is 659 g/mol. The third kappa shape index (κ3) is 5.90. The summed E-state index contributed by atoms with van der Waals surface area (Å²) in [6.45, 7) is 0.790. The van der Waals surface area contributed by atoms with E-state index in [-0.39, 0.29) is 5.92 Å². The summed E-state index contributed by atoms with van der Waals surface area (Å²) in [6.07, 6.45) is 8.66. The van der Waals surface area contributed by atoms with Gasteiger partial charge in [0.05, 0.1) is 22.8 Å². The Hall–Kier alpha value is -6.85. The lowest BCUT2D eigenvalue weighted by molar-refractivity contribution is 0.702. The maximum Gasteiger partial charge on any atom is 0.160 e. The molecule has 0 amide bonds. The molecule has 5 nitrogen and oxygen atoms in total. The van der Waals surface area contributed by atoms with Crippen LogP contribution >= 0.6 is 0 Å². The smallest absolute Gasteiger partial charge is 0.160 e. The first-order valence-electron chi connectivity index (χ1n) is 18.7. The molecule has 54 heavy (non-hydrogen) atoms. The monoisotopic (exact) mass is 695 g/mol. The zero-order valence-corrected chi connectivity index (χ0v) is 29.7. The Balaban J connectivity index is 1.04. The average molecular weight is 696 g/mol. The zero-order chi connectivity index (χ0) is 35.8. The summed E-state index contributed by atoms with van der Waals surface area (Å²) in [7, 11) is 0. The lowest BCUT2D eigenvalue weighted by Gasteiger charge is -2.18. The predicted molar refractivity (Wildman–Crippen MR) is 220 cm³/mol. The van der Waals surface area contributed by atoms with Gasteiger partial charge in [-0.05, 0) is 64.9 Å². The van der Waals surface area contributed by atoms with E-state index in [0.717, 1.165) is 64.4 Å². The minimum atomic E-state index is 0.119. The standard InChI is InChI=1S/C49H37N5/c1-3-11-33(12-4-1)35-18-24-38(25-19-35)44-31-45(52-49(51-44)40-28-20-36(21-29-40)34-13-5-2-6-14-34)39-26-22-37(23-27-39)42-32-50-43-16-8-7-15-41(43)47-48(42)54-30-10-9-17-46(54)53-47/h1-6,8-14,16-31,42,50H,7,15,32H2. The van der Waals surface area contributed by atoms with Crippen LogP contribution in [0.25, 0.3) is 67.4 Å². The van der Waals surface area contributed by atoms with Crippen LogP contribution in [-0.2, 0) is 0 Å². The van der Waals surface area contributed by atoms with Gasteiger partial charge in [-0.3, -0.25) is 0 Å². The van der Waals surface area contributed by atoms with Gasteiger partial charge in [-0.2, -0.15) is 0 Å². The SMILES string of the molecule is C1=CC2=C(CC1)c1nc3ccccn3c1C(c1ccc(-c3cc(-c4ccc(-c5ccccc5)cc4)nc(-c4ccc(-c5ccccc5)cc4)n3)cc1)CN2. The fourth-order valence-corrected chi connectivity index (χ4v) is 7.89. The van der Waals surface area contributed by atoms with Crippen molar-refractivity contribution >= 4 is 11.2 Å². The molecule has 0 radical (unpaired) electrons. The summed E-state index contributed by atoms with van der Waals surface area (Å²) in [6, 6.07) is 55.5. The van der Waals surface area contributed by atoms with Gasteiger partial charge in [0, 0.05) is 46.6 Å². The van der Waals surface area contributed by atoms with Crippen molar-refractivity contribution < 1.29 is 0 Å². The first-order valence-corrected chi connectivity index (χ1v) is 18.7. The van der Waals surface area contributed by atoms with Crippen molar-refractivity contribution in [3.05, 3.63) is 199 Å². The quantitative estimate of drug-likeness (QED) is 0.188. The number of nitrogens with zero attached hydrogens (tertiary/aromatic N) is 4. The van der Waals surface area contributed by atoms with Crippen molar-refractivity contribution in [1.82, 2.24) is 24.7 Å². The van der Waals surface area contributed by atoms with Gasteiger partial charge in [-0.15, -0.1) is 0 Å². The van der Waals surface area contributed by atoms with Gasteiger partial charge in [0.25, 0.3) is 0 Å². The van der Waals surface area contributed by atoms with E-state index in [2.05, 4.69) is 174 Å². The molecule has 2 aliphatic rings. The Morgan fingerprint density at radius 1 is 0.537 bits per heavy atom. The maximum atomic E-state index is 5.19. The number of rotatable bonds is 6. The topological polar surface area (TPSA) is 55.1 Å². The highest BCUT2D eigenvalue weighted by Crippen LogP contribution is 2.39. The van der Waals surface area contributed by atoms with E-state index >= 15 is 0 Å². The van der Waals surface area contributed by atoms with Crippen LogP contribution in [0, 0.1) is 0 Å². The van der Waals surface area contributed by atoms with Gasteiger partial charge in [0.2, 0.25) is 0 Å². The van der Waals surface area contributed by atoms with Crippen molar-refractivity contribution in [3.63, 3.8) is 0 Å². The summed E-state index contributed by atoms with van der Waals surface area (Å²) in [5, 5.41) is 3.77. The van der Waals surface area contributed by atoms with Gasteiger partial charge in [-0.25, -0.2) is 15.0 Å². The predicted octanol–water partition coefficient (Wildman–Crippen LogP) is 11.3. The summed E-state index contributed by atoms with van der Waals surface area (Å²) < 4.78 is 2.28. The largest absolute Gasteiger partial charge is 0.384 e. The second-order valence-corrected chi connectivity index (χ2v) is 14.0. The lowest BCUT2D eigenvalue weighted by atomic mass is 9.91. The molecule has 1 aliphatic heterocycles. The van der Waals surface area contributed by atoms with E-state index in [9.17, 15) is 0 Å². The van der Waals surface area contributed by atoms with Crippen LogP contribution in [0.3, 0.4) is 0 Å². The van der Waals surface area contributed by atoms with Crippen molar-refractivity contribution in [2.45, 2.75) is 18.8 Å². The highest BCUT2D eigenvalue weighted by molar-refractivity contribution is 5.77. The summed E-state index contributed by atoms with van der Waals surface area (Å²) in [5.41, 5.74) is 16.7. The third-order valence-corrected chi connectivity index (χ3v) is 10.7. The number of fused-ring (bicyclic) bond motifs is 4. The first-order chi connectivity index (χ1) is 26.7. The van der Waals surface area contributed by atoms with Crippen LogP contribution < -0.4 is 5.32 Å². The van der Waals surface area contributed by atoms with E-state index in [0.29, 0.717) is 5.82 Å². The molecule has 4 heterocycles. The summed E-state index contributed by atoms with van der Waals surface area (Å²) in [5.74, 6) is 0.819. The highest BCUT2D eigenvalue weighted by atomic mass is 15.0. The molecule has 0 fully saturated rings. The second-order valence-electron chi connectivity index (χ2n) is 14.0. The normalized spacial score (nSPS) is 15.0. The molecular formula is C49H37N5.